The van der Waals surface area contributed by atoms with Crippen LogP contribution in [0.25, 0.3) is 0 Å². The van der Waals surface area contributed by atoms with E-state index in [2.05, 4.69) is 17.1 Å². The van der Waals surface area contributed by atoms with Gasteiger partial charge in [0.1, 0.15) is 18.1 Å². The van der Waals surface area contributed by atoms with Crippen LogP contribution in [0.2, 0.25) is 0 Å². The minimum absolute atomic E-state index is 0.335. The Balaban J connectivity index is 2.01. The molecule has 0 unspecified atom stereocenters. The SMILES string of the molecule is C=CCOc1cccc(/C=N\NC(=O)c2ccccc2OC)c1. The number of methoxy groups -OCH3 is 1. The maximum absolute atomic E-state index is 12.1. The highest BCUT2D eigenvalue weighted by molar-refractivity contribution is 5.97. The summed E-state index contributed by atoms with van der Waals surface area (Å²) < 4.78 is 10.6. The Kier molecular flexibility index (Phi) is 5.94. The number of para-hydroxylation sites is 1. The highest BCUT2D eigenvalue weighted by atomic mass is 16.5. The number of ether oxygens (including phenoxy) is 2. The lowest BCUT2D eigenvalue weighted by Gasteiger charge is -2.06. The third kappa shape index (κ3) is 4.71. The lowest BCUT2D eigenvalue weighted by Crippen LogP contribution is -2.18. The molecule has 0 radical (unpaired) electrons. The fourth-order valence-corrected chi connectivity index (χ4v) is 1.90. The van der Waals surface area contributed by atoms with E-state index < -0.39 is 0 Å². The van der Waals surface area contributed by atoms with Crippen LogP contribution in [0.4, 0.5) is 0 Å². The van der Waals surface area contributed by atoms with Gasteiger partial charge in [0.15, 0.2) is 0 Å². The Labute approximate surface area is 135 Å². The molecule has 2 aromatic carbocycles. The average molecular weight is 310 g/mol. The van der Waals surface area contributed by atoms with E-state index in [0.29, 0.717) is 23.7 Å². The fourth-order valence-electron chi connectivity index (χ4n) is 1.90. The fraction of sp³-hybridized carbons (Fsp3) is 0.111. The van der Waals surface area contributed by atoms with Crippen molar-refractivity contribution in [3.63, 3.8) is 0 Å². The second-order valence-corrected chi connectivity index (χ2v) is 4.57. The highest BCUT2D eigenvalue weighted by Gasteiger charge is 2.09. The summed E-state index contributed by atoms with van der Waals surface area (Å²) >= 11 is 0. The van der Waals surface area contributed by atoms with Crippen molar-refractivity contribution >= 4 is 12.1 Å². The zero-order valence-corrected chi connectivity index (χ0v) is 12.9. The monoisotopic (exact) mass is 310 g/mol. The number of carbonyl (C=O) groups is 1. The number of hydrogen-bond acceptors (Lipinski definition) is 4. The number of rotatable bonds is 7. The topological polar surface area (TPSA) is 59.9 Å². The molecule has 0 atom stereocenters. The first kappa shape index (κ1) is 16.3. The van der Waals surface area contributed by atoms with Gasteiger partial charge in [-0.15, -0.1) is 0 Å². The maximum atomic E-state index is 12.1. The molecule has 0 saturated heterocycles. The van der Waals surface area contributed by atoms with Crippen LogP contribution >= 0.6 is 0 Å². The first-order valence-corrected chi connectivity index (χ1v) is 7.04. The van der Waals surface area contributed by atoms with Crippen LogP contribution in [0.1, 0.15) is 15.9 Å². The van der Waals surface area contributed by atoms with Crippen LogP contribution in [-0.2, 0) is 0 Å². The first-order valence-electron chi connectivity index (χ1n) is 7.04. The Morgan fingerprint density at radius 1 is 1.26 bits per heavy atom. The zero-order valence-electron chi connectivity index (χ0n) is 12.9. The van der Waals surface area contributed by atoms with Crippen LogP contribution in [-0.4, -0.2) is 25.8 Å². The molecule has 5 nitrogen and oxygen atoms in total. The smallest absolute Gasteiger partial charge is 0.275 e. The summed E-state index contributed by atoms with van der Waals surface area (Å²) in [5, 5.41) is 3.96. The first-order chi connectivity index (χ1) is 11.2. The number of nitrogens with one attached hydrogen (secondary N) is 1. The van der Waals surface area contributed by atoms with Crippen molar-refractivity contribution in [3.05, 3.63) is 72.3 Å². The van der Waals surface area contributed by atoms with Crippen molar-refractivity contribution in [2.75, 3.05) is 13.7 Å². The molecular formula is C18H18N2O3. The molecule has 0 fully saturated rings. The minimum Gasteiger partial charge on any atom is -0.496 e. The lowest BCUT2D eigenvalue weighted by molar-refractivity contribution is 0.0952. The second-order valence-electron chi connectivity index (χ2n) is 4.57. The molecule has 0 aliphatic carbocycles. The van der Waals surface area contributed by atoms with Crippen LogP contribution in [0.3, 0.4) is 0 Å². The quantitative estimate of drug-likeness (QED) is 0.486. The number of carbonyl (C=O) groups excluding carboxylic acids is 1. The molecule has 1 N–H and O–H groups in total. The molecule has 1 amide bonds. The summed E-state index contributed by atoms with van der Waals surface area (Å²) in [7, 11) is 1.52. The summed E-state index contributed by atoms with van der Waals surface area (Å²) in [6.07, 6.45) is 3.22. The van der Waals surface area contributed by atoms with E-state index in [-0.39, 0.29) is 5.91 Å². The van der Waals surface area contributed by atoms with E-state index in [1.165, 1.54) is 7.11 Å². The third-order valence-electron chi connectivity index (χ3n) is 2.96. The predicted octanol–water partition coefficient (Wildman–Crippen LogP) is 3.02. The molecule has 0 heterocycles. The number of hydrazone groups is 1. The van der Waals surface area contributed by atoms with Crippen molar-refractivity contribution in [1.82, 2.24) is 5.43 Å². The minimum atomic E-state index is -0.335. The molecule has 118 valence electrons. The van der Waals surface area contributed by atoms with E-state index in [4.69, 9.17) is 9.47 Å². The number of nitrogens with zero attached hydrogens (tertiary/aromatic N) is 1. The molecular weight excluding hydrogens is 292 g/mol. The van der Waals surface area contributed by atoms with E-state index in [1.807, 2.05) is 24.3 Å². The van der Waals surface area contributed by atoms with Gasteiger partial charge in [0.2, 0.25) is 0 Å². The summed E-state index contributed by atoms with van der Waals surface area (Å²) in [5.41, 5.74) is 3.72. The lowest BCUT2D eigenvalue weighted by atomic mass is 10.2. The zero-order chi connectivity index (χ0) is 16.5. The Bertz CT molecular complexity index is 711. The molecule has 23 heavy (non-hydrogen) atoms. The molecule has 0 aliphatic heterocycles. The van der Waals surface area contributed by atoms with Gasteiger partial charge in [-0.1, -0.05) is 36.9 Å². The molecule has 2 rings (SSSR count). The van der Waals surface area contributed by atoms with Gasteiger partial charge in [0.25, 0.3) is 5.91 Å². The van der Waals surface area contributed by atoms with Crippen molar-refractivity contribution in [3.8, 4) is 11.5 Å². The Morgan fingerprint density at radius 2 is 2.09 bits per heavy atom. The van der Waals surface area contributed by atoms with Gasteiger partial charge < -0.3 is 9.47 Å². The Morgan fingerprint density at radius 3 is 2.87 bits per heavy atom. The highest BCUT2D eigenvalue weighted by Crippen LogP contribution is 2.16. The standard InChI is InChI=1S/C18H18N2O3/c1-3-11-23-15-8-6-7-14(12-15)13-19-20-18(21)16-9-4-5-10-17(16)22-2/h3-10,12-13H,1,11H2,2H3,(H,20,21)/b19-13-. The third-order valence-corrected chi connectivity index (χ3v) is 2.96. The van der Waals surface area contributed by atoms with Crippen LogP contribution < -0.4 is 14.9 Å². The van der Waals surface area contributed by atoms with Gasteiger partial charge in [-0.3, -0.25) is 4.79 Å². The maximum Gasteiger partial charge on any atom is 0.275 e. The summed E-state index contributed by atoms with van der Waals surface area (Å²) in [6.45, 7) is 4.04. The van der Waals surface area contributed by atoms with Gasteiger partial charge in [-0.05, 0) is 29.8 Å². The van der Waals surface area contributed by atoms with E-state index in [1.54, 1.807) is 36.6 Å². The van der Waals surface area contributed by atoms with Crippen LogP contribution in [0.5, 0.6) is 11.5 Å². The Hall–Kier alpha value is -3.08. The van der Waals surface area contributed by atoms with Crippen molar-refractivity contribution in [1.29, 1.82) is 0 Å². The van der Waals surface area contributed by atoms with Gasteiger partial charge in [0, 0.05) is 0 Å². The largest absolute Gasteiger partial charge is 0.496 e. The molecule has 0 bridgehead atoms. The number of hydrogen-bond donors (Lipinski definition) is 1. The summed E-state index contributed by atoms with van der Waals surface area (Å²) in [5.74, 6) is 0.877. The van der Waals surface area contributed by atoms with Gasteiger partial charge in [-0.25, -0.2) is 5.43 Å². The van der Waals surface area contributed by atoms with E-state index in [0.717, 1.165) is 5.56 Å². The normalized spacial score (nSPS) is 10.3. The molecule has 0 aliphatic rings. The summed E-state index contributed by atoms with van der Waals surface area (Å²) in [4.78, 5) is 12.1. The summed E-state index contributed by atoms with van der Waals surface area (Å²) in [6, 6.07) is 14.3. The molecule has 0 aromatic heterocycles. The van der Waals surface area contributed by atoms with Gasteiger partial charge in [-0.2, -0.15) is 5.10 Å². The van der Waals surface area contributed by atoms with Gasteiger partial charge in [0.05, 0.1) is 18.9 Å². The average Bonchev–Trinajstić information content (AvgIpc) is 2.60. The van der Waals surface area contributed by atoms with Crippen LogP contribution in [0.15, 0.2) is 66.3 Å². The number of benzene rings is 2. The number of amides is 1. The van der Waals surface area contributed by atoms with Gasteiger partial charge >= 0.3 is 0 Å². The second kappa shape index (κ2) is 8.38. The van der Waals surface area contributed by atoms with Crippen molar-refractivity contribution < 1.29 is 14.3 Å². The van der Waals surface area contributed by atoms with E-state index >= 15 is 0 Å². The molecule has 0 saturated carbocycles. The molecule has 5 heteroatoms. The van der Waals surface area contributed by atoms with Crippen molar-refractivity contribution in [2.45, 2.75) is 0 Å². The molecule has 2 aromatic rings. The predicted molar refractivity (Wildman–Crippen MR) is 90.2 cm³/mol. The van der Waals surface area contributed by atoms with E-state index in [9.17, 15) is 4.79 Å². The van der Waals surface area contributed by atoms with Crippen molar-refractivity contribution in [2.24, 2.45) is 5.10 Å². The molecule has 0 spiro atoms. The van der Waals surface area contributed by atoms with Crippen LogP contribution in [0, 0.1) is 0 Å².